The van der Waals surface area contributed by atoms with Crippen LogP contribution in [-0.2, 0) is 14.6 Å². The minimum Gasteiger partial charge on any atom is -0.342 e. The number of aryl methyl sites for hydroxylation is 1. The third-order valence-electron chi connectivity index (χ3n) is 5.22. The van der Waals surface area contributed by atoms with Gasteiger partial charge in [0.15, 0.2) is 15.1 Å². The SMILES string of the molecule is Cc1ccc(N2C[C@@H](C(=O)N3CCCC3)S(=O)(=O)c3ccccc32)cc1. The fourth-order valence-electron chi connectivity index (χ4n) is 3.76. The van der Waals surface area contributed by atoms with Gasteiger partial charge in [0, 0.05) is 25.3 Å². The number of rotatable bonds is 2. The first-order valence-corrected chi connectivity index (χ1v) is 10.5. The van der Waals surface area contributed by atoms with Crippen LogP contribution in [0.1, 0.15) is 18.4 Å². The Bertz CT molecular complexity index is 932. The summed E-state index contributed by atoms with van der Waals surface area (Å²) in [6.07, 6.45) is 1.88. The van der Waals surface area contributed by atoms with Gasteiger partial charge in [0.05, 0.1) is 10.6 Å². The standard InChI is InChI=1S/C20H22N2O3S/c1-15-8-10-16(11-9-15)22-14-19(20(23)21-12-4-5-13-21)26(24,25)18-7-3-2-6-17(18)22/h2-3,6-11,19H,4-5,12-14H2,1H3/t19-/m0/s1. The van der Waals surface area contributed by atoms with E-state index in [2.05, 4.69) is 0 Å². The number of hydrogen-bond donors (Lipinski definition) is 0. The molecule has 0 saturated carbocycles. The molecular formula is C20H22N2O3S. The van der Waals surface area contributed by atoms with Crippen molar-refractivity contribution in [3.05, 3.63) is 54.1 Å². The largest absolute Gasteiger partial charge is 0.342 e. The lowest BCUT2D eigenvalue weighted by Gasteiger charge is -2.36. The Hall–Kier alpha value is -2.34. The molecular weight excluding hydrogens is 348 g/mol. The topological polar surface area (TPSA) is 57.7 Å². The van der Waals surface area contributed by atoms with Crippen LogP contribution in [0, 0.1) is 6.92 Å². The molecule has 26 heavy (non-hydrogen) atoms. The molecule has 0 radical (unpaired) electrons. The highest BCUT2D eigenvalue weighted by atomic mass is 32.2. The molecule has 1 fully saturated rings. The van der Waals surface area contributed by atoms with Gasteiger partial charge in [0.1, 0.15) is 0 Å². The van der Waals surface area contributed by atoms with E-state index >= 15 is 0 Å². The van der Waals surface area contributed by atoms with E-state index in [9.17, 15) is 13.2 Å². The summed E-state index contributed by atoms with van der Waals surface area (Å²) < 4.78 is 26.3. The molecule has 1 saturated heterocycles. The number of hydrogen-bond acceptors (Lipinski definition) is 4. The molecule has 2 heterocycles. The average molecular weight is 370 g/mol. The first kappa shape index (κ1) is 17.1. The van der Waals surface area contributed by atoms with Gasteiger partial charge in [0.25, 0.3) is 0 Å². The monoisotopic (exact) mass is 370 g/mol. The van der Waals surface area contributed by atoms with Crippen molar-refractivity contribution in [2.75, 3.05) is 24.5 Å². The predicted octanol–water partition coefficient (Wildman–Crippen LogP) is 2.91. The van der Waals surface area contributed by atoms with Crippen molar-refractivity contribution in [1.82, 2.24) is 4.90 Å². The van der Waals surface area contributed by atoms with E-state index in [1.165, 1.54) is 0 Å². The Morgan fingerprint density at radius 2 is 1.65 bits per heavy atom. The molecule has 0 aliphatic carbocycles. The van der Waals surface area contributed by atoms with E-state index in [1.54, 1.807) is 17.0 Å². The molecule has 4 rings (SSSR count). The van der Waals surface area contributed by atoms with Crippen molar-refractivity contribution >= 4 is 27.1 Å². The highest BCUT2D eigenvalue weighted by Crippen LogP contribution is 2.39. The second kappa shape index (κ2) is 6.43. The third-order valence-corrected chi connectivity index (χ3v) is 7.28. The first-order chi connectivity index (χ1) is 12.5. The molecule has 2 aromatic carbocycles. The fourth-order valence-corrected chi connectivity index (χ4v) is 5.56. The molecule has 6 heteroatoms. The quantitative estimate of drug-likeness (QED) is 0.816. The Morgan fingerprint density at radius 3 is 2.35 bits per heavy atom. The summed E-state index contributed by atoms with van der Waals surface area (Å²) in [5.41, 5.74) is 2.68. The number of fused-ring (bicyclic) bond motifs is 1. The number of anilines is 2. The van der Waals surface area contributed by atoms with Crippen LogP contribution in [0.4, 0.5) is 11.4 Å². The maximum Gasteiger partial charge on any atom is 0.243 e. The lowest BCUT2D eigenvalue weighted by Crippen LogP contribution is -2.50. The maximum absolute atomic E-state index is 13.2. The van der Waals surface area contributed by atoms with Gasteiger partial charge in [-0.05, 0) is 44.0 Å². The molecule has 1 atom stereocenters. The number of likely N-dealkylation sites (tertiary alicyclic amines) is 1. The molecule has 0 spiro atoms. The van der Waals surface area contributed by atoms with Crippen molar-refractivity contribution < 1.29 is 13.2 Å². The molecule has 2 aromatic rings. The van der Waals surface area contributed by atoms with Crippen molar-refractivity contribution in [1.29, 1.82) is 0 Å². The van der Waals surface area contributed by atoms with Crippen molar-refractivity contribution in [3.8, 4) is 0 Å². The summed E-state index contributed by atoms with van der Waals surface area (Å²) >= 11 is 0. The number of amides is 1. The number of carbonyl (C=O) groups excluding carboxylic acids is 1. The van der Waals surface area contributed by atoms with Crippen LogP contribution in [0.5, 0.6) is 0 Å². The van der Waals surface area contributed by atoms with Gasteiger partial charge in [-0.3, -0.25) is 4.79 Å². The van der Waals surface area contributed by atoms with Crippen LogP contribution in [0.2, 0.25) is 0 Å². The summed E-state index contributed by atoms with van der Waals surface area (Å²) in [5.74, 6) is -0.269. The van der Waals surface area contributed by atoms with E-state index in [0.29, 0.717) is 18.8 Å². The van der Waals surface area contributed by atoms with Crippen molar-refractivity contribution in [2.24, 2.45) is 0 Å². The summed E-state index contributed by atoms with van der Waals surface area (Å²) in [6.45, 7) is 3.46. The zero-order valence-electron chi connectivity index (χ0n) is 14.8. The van der Waals surface area contributed by atoms with Crippen LogP contribution >= 0.6 is 0 Å². The fraction of sp³-hybridized carbons (Fsp3) is 0.350. The zero-order valence-corrected chi connectivity index (χ0v) is 15.6. The van der Waals surface area contributed by atoms with Gasteiger partial charge in [-0.2, -0.15) is 0 Å². The molecule has 2 aliphatic heterocycles. The normalized spacial score (nSPS) is 21.5. The lowest BCUT2D eigenvalue weighted by molar-refractivity contribution is -0.129. The Labute approximate surface area is 154 Å². The minimum absolute atomic E-state index is 0.151. The van der Waals surface area contributed by atoms with Crippen LogP contribution in [0.15, 0.2) is 53.4 Å². The first-order valence-electron chi connectivity index (χ1n) is 8.94. The maximum atomic E-state index is 13.2. The lowest BCUT2D eigenvalue weighted by atomic mass is 10.1. The van der Waals surface area contributed by atoms with Gasteiger partial charge in [-0.1, -0.05) is 29.8 Å². The Morgan fingerprint density at radius 1 is 1.00 bits per heavy atom. The molecule has 0 bridgehead atoms. The van der Waals surface area contributed by atoms with Crippen molar-refractivity contribution in [2.45, 2.75) is 29.9 Å². The minimum atomic E-state index is -3.70. The van der Waals surface area contributed by atoms with Gasteiger partial charge in [-0.15, -0.1) is 0 Å². The predicted molar refractivity (Wildman–Crippen MR) is 101 cm³/mol. The van der Waals surface area contributed by atoms with Crippen LogP contribution in [0.25, 0.3) is 0 Å². The number of carbonyl (C=O) groups is 1. The van der Waals surface area contributed by atoms with Crippen LogP contribution in [0.3, 0.4) is 0 Å². The number of para-hydroxylation sites is 1. The summed E-state index contributed by atoms with van der Waals surface area (Å²) in [4.78, 5) is 16.9. The zero-order chi connectivity index (χ0) is 18.3. The summed E-state index contributed by atoms with van der Waals surface area (Å²) in [7, 11) is -3.70. The number of sulfone groups is 1. The number of nitrogens with zero attached hydrogens (tertiary/aromatic N) is 2. The Balaban J connectivity index is 1.80. The van der Waals surface area contributed by atoms with E-state index in [4.69, 9.17) is 0 Å². The molecule has 136 valence electrons. The van der Waals surface area contributed by atoms with E-state index in [1.807, 2.05) is 48.2 Å². The second-order valence-corrected chi connectivity index (χ2v) is 9.08. The van der Waals surface area contributed by atoms with Crippen molar-refractivity contribution in [3.63, 3.8) is 0 Å². The highest BCUT2D eigenvalue weighted by molar-refractivity contribution is 7.93. The third kappa shape index (κ3) is 2.78. The van der Waals surface area contributed by atoms with Gasteiger partial charge >= 0.3 is 0 Å². The Kier molecular flexibility index (Phi) is 4.23. The molecule has 5 nitrogen and oxygen atoms in total. The second-order valence-electron chi connectivity index (χ2n) is 6.98. The molecule has 0 N–H and O–H groups in total. The van der Waals surface area contributed by atoms with Crippen LogP contribution < -0.4 is 4.90 Å². The summed E-state index contributed by atoms with van der Waals surface area (Å²) in [5, 5.41) is -1.06. The van der Waals surface area contributed by atoms with Gasteiger partial charge in [-0.25, -0.2) is 8.42 Å². The molecule has 0 unspecified atom stereocenters. The highest BCUT2D eigenvalue weighted by Gasteiger charge is 2.44. The molecule has 1 amide bonds. The van der Waals surface area contributed by atoms with E-state index in [0.717, 1.165) is 24.1 Å². The van der Waals surface area contributed by atoms with Gasteiger partial charge < -0.3 is 9.80 Å². The molecule has 2 aliphatic rings. The van der Waals surface area contributed by atoms with Crippen LogP contribution in [-0.4, -0.2) is 44.1 Å². The molecule has 0 aromatic heterocycles. The summed E-state index contributed by atoms with van der Waals surface area (Å²) in [6, 6.07) is 14.9. The average Bonchev–Trinajstić information content (AvgIpc) is 3.17. The van der Waals surface area contributed by atoms with E-state index < -0.39 is 15.1 Å². The van der Waals surface area contributed by atoms with Gasteiger partial charge in [0.2, 0.25) is 5.91 Å². The van der Waals surface area contributed by atoms with E-state index in [-0.39, 0.29) is 17.3 Å². The number of benzene rings is 2. The smallest absolute Gasteiger partial charge is 0.243 e.